The summed E-state index contributed by atoms with van der Waals surface area (Å²) in [5, 5.41) is 14.3. The molecule has 0 aromatic heterocycles. The highest BCUT2D eigenvalue weighted by Gasteiger charge is 2.14. The highest BCUT2D eigenvalue weighted by Crippen LogP contribution is 2.12. The van der Waals surface area contributed by atoms with Gasteiger partial charge in [0.1, 0.15) is 6.04 Å². The van der Waals surface area contributed by atoms with Crippen LogP contribution in [0.2, 0.25) is 0 Å². The molecule has 1 atom stereocenters. The number of benzene rings is 1. The predicted molar refractivity (Wildman–Crippen MR) is 65.2 cm³/mol. The van der Waals surface area contributed by atoms with Gasteiger partial charge in [-0.05, 0) is 30.7 Å². The molecule has 5 heteroatoms. The van der Waals surface area contributed by atoms with E-state index in [2.05, 4.69) is 10.6 Å². The molecule has 0 aliphatic rings. The van der Waals surface area contributed by atoms with Crippen molar-refractivity contribution >= 4 is 17.6 Å². The molecular weight excluding hydrogens is 220 g/mol. The lowest BCUT2D eigenvalue weighted by Gasteiger charge is -2.13. The number of nitrogens with one attached hydrogen (secondary N) is 2. The number of rotatable bonds is 5. The van der Waals surface area contributed by atoms with Crippen LogP contribution in [0.3, 0.4) is 0 Å². The summed E-state index contributed by atoms with van der Waals surface area (Å²) >= 11 is 0. The number of carbonyl (C=O) groups excluding carboxylic acids is 1. The first kappa shape index (κ1) is 13.0. The molecule has 0 fully saturated rings. The second kappa shape index (κ2) is 5.89. The van der Waals surface area contributed by atoms with Crippen molar-refractivity contribution in [2.45, 2.75) is 19.4 Å². The average Bonchev–Trinajstić information content (AvgIpc) is 2.35. The van der Waals surface area contributed by atoms with Gasteiger partial charge in [0.15, 0.2) is 0 Å². The quantitative estimate of drug-likeness (QED) is 0.720. The minimum Gasteiger partial charge on any atom is -0.480 e. The van der Waals surface area contributed by atoms with E-state index < -0.39 is 12.0 Å². The summed E-state index contributed by atoms with van der Waals surface area (Å²) in [5.74, 6) is -1.05. The van der Waals surface area contributed by atoms with Gasteiger partial charge in [-0.3, -0.25) is 4.79 Å². The first-order valence-corrected chi connectivity index (χ1v) is 5.40. The van der Waals surface area contributed by atoms with Gasteiger partial charge in [-0.25, -0.2) is 4.79 Å². The van der Waals surface area contributed by atoms with Crippen molar-refractivity contribution in [1.29, 1.82) is 0 Å². The standard InChI is InChI=1S/C12H16N2O3/c1-3-10(12(16)17)14-9-6-4-8(5-7-9)11(15)13-2/h4-7,10,14H,3H2,1-2H3,(H,13,15)(H,16,17). The third-order valence-corrected chi connectivity index (χ3v) is 2.42. The Kier molecular flexibility index (Phi) is 4.51. The van der Waals surface area contributed by atoms with E-state index in [1.54, 1.807) is 38.2 Å². The fourth-order valence-electron chi connectivity index (χ4n) is 1.40. The van der Waals surface area contributed by atoms with Gasteiger partial charge in [0.2, 0.25) is 0 Å². The zero-order valence-corrected chi connectivity index (χ0v) is 9.86. The zero-order chi connectivity index (χ0) is 12.8. The molecular formula is C12H16N2O3. The van der Waals surface area contributed by atoms with Crippen LogP contribution in [0.5, 0.6) is 0 Å². The summed E-state index contributed by atoms with van der Waals surface area (Å²) in [6.45, 7) is 1.80. The molecule has 0 aliphatic carbocycles. The molecule has 17 heavy (non-hydrogen) atoms. The molecule has 1 unspecified atom stereocenters. The fourth-order valence-corrected chi connectivity index (χ4v) is 1.40. The van der Waals surface area contributed by atoms with Crippen molar-refractivity contribution in [3.05, 3.63) is 29.8 Å². The highest BCUT2D eigenvalue weighted by molar-refractivity contribution is 5.94. The maximum absolute atomic E-state index is 11.3. The normalized spacial score (nSPS) is 11.6. The van der Waals surface area contributed by atoms with Crippen LogP contribution in [0.1, 0.15) is 23.7 Å². The summed E-state index contributed by atoms with van der Waals surface area (Å²) in [6, 6.07) is 6.07. The van der Waals surface area contributed by atoms with Gasteiger partial charge in [-0.15, -0.1) is 0 Å². The number of carboxylic acid groups (broad SMARTS) is 1. The van der Waals surface area contributed by atoms with Crippen molar-refractivity contribution in [2.24, 2.45) is 0 Å². The van der Waals surface area contributed by atoms with E-state index in [4.69, 9.17) is 5.11 Å². The van der Waals surface area contributed by atoms with E-state index in [0.29, 0.717) is 17.7 Å². The van der Waals surface area contributed by atoms with Crippen molar-refractivity contribution in [1.82, 2.24) is 5.32 Å². The van der Waals surface area contributed by atoms with Gasteiger partial charge < -0.3 is 15.7 Å². The molecule has 0 heterocycles. The minimum atomic E-state index is -0.886. The number of aliphatic carboxylic acids is 1. The van der Waals surface area contributed by atoms with Crippen LogP contribution in [-0.2, 0) is 4.79 Å². The van der Waals surface area contributed by atoms with Crippen LogP contribution in [0.25, 0.3) is 0 Å². The predicted octanol–water partition coefficient (Wildman–Crippen LogP) is 1.32. The first-order chi connectivity index (χ1) is 8.08. The first-order valence-electron chi connectivity index (χ1n) is 5.40. The van der Waals surface area contributed by atoms with Gasteiger partial charge in [0.25, 0.3) is 5.91 Å². The summed E-state index contributed by atoms with van der Waals surface area (Å²) < 4.78 is 0. The molecule has 0 aliphatic heterocycles. The smallest absolute Gasteiger partial charge is 0.326 e. The van der Waals surface area contributed by atoms with Crippen LogP contribution in [0, 0.1) is 0 Å². The minimum absolute atomic E-state index is 0.165. The lowest BCUT2D eigenvalue weighted by molar-refractivity contribution is -0.137. The second-order valence-electron chi connectivity index (χ2n) is 3.60. The van der Waals surface area contributed by atoms with Gasteiger partial charge in [0, 0.05) is 18.3 Å². The van der Waals surface area contributed by atoms with Gasteiger partial charge >= 0.3 is 5.97 Å². The molecule has 0 radical (unpaired) electrons. The Balaban J connectivity index is 2.74. The Labute approximate surface area is 99.8 Å². The SMILES string of the molecule is CCC(Nc1ccc(C(=O)NC)cc1)C(=O)O. The molecule has 1 aromatic rings. The summed E-state index contributed by atoms with van der Waals surface area (Å²) in [7, 11) is 1.56. The number of hydrogen-bond donors (Lipinski definition) is 3. The zero-order valence-electron chi connectivity index (χ0n) is 9.86. The molecule has 1 rings (SSSR count). The Morgan fingerprint density at radius 2 is 1.88 bits per heavy atom. The van der Waals surface area contributed by atoms with Crippen LogP contribution in [0.15, 0.2) is 24.3 Å². The van der Waals surface area contributed by atoms with Crippen molar-refractivity contribution in [2.75, 3.05) is 12.4 Å². The Morgan fingerprint density at radius 3 is 2.29 bits per heavy atom. The van der Waals surface area contributed by atoms with Gasteiger partial charge in [0.05, 0.1) is 0 Å². The van der Waals surface area contributed by atoms with Crippen molar-refractivity contribution in [3.8, 4) is 0 Å². The van der Waals surface area contributed by atoms with E-state index in [1.807, 2.05) is 0 Å². The molecule has 3 N–H and O–H groups in total. The Bertz CT molecular complexity index is 401. The number of amides is 1. The third kappa shape index (κ3) is 3.48. The van der Waals surface area contributed by atoms with E-state index in [9.17, 15) is 9.59 Å². The largest absolute Gasteiger partial charge is 0.480 e. The summed E-state index contributed by atoms with van der Waals surface area (Å²) in [6.07, 6.45) is 0.493. The topological polar surface area (TPSA) is 78.4 Å². The number of anilines is 1. The maximum Gasteiger partial charge on any atom is 0.326 e. The van der Waals surface area contributed by atoms with E-state index in [0.717, 1.165) is 0 Å². The molecule has 0 spiro atoms. The monoisotopic (exact) mass is 236 g/mol. The van der Waals surface area contributed by atoms with Crippen LogP contribution >= 0.6 is 0 Å². The van der Waals surface area contributed by atoms with Gasteiger partial charge in [-0.1, -0.05) is 6.92 Å². The number of carboxylic acids is 1. The molecule has 0 saturated carbocycles. The Morgan fingerprint density at radius 1 is 1.29 bits per heavy atom. The molecule has 5 nitrogen and oxygen atoms in total. The van der Waals surface area contributed by atoms with Crippen LogP contribution < -0.4 is 10.6 Å². The fraction of sp³-hybridized carbons (Fsp3) is 0.333. The molecule has 1 aromatic carbocycles. The van der Waals surface area contributed by atoms with E-state index in [-0.39, 0.29) is 5.91 Å². The maximum atomic E-state index is 11.3. The molecule has 0 saturated heterocycles. The summed E-state index contributed by atoms with van der Waals surface area (Å²) in [5.41, 5.74) is 1.23. The van der Waals surface area contributed by atoms with Gasteiger partial charge in [-0.2, -0.15) is 0 Å². The van der Waals surface area contributed by atoms with Crippen molar-refractivity contribution in [3.63, 3.8) is 0 Å². The van der Waals surface area contributed by atoms with Crippen LogP contribution in [0.4, 0.5) is 5.69 Å². The van der Waals surface area contributed by atoms with E-state index >= 15 is 0 Å². The molecule has 92 valence electrons. The van der Waals surface area contributed by atoms with Crippen LogP contribution in [-0.4, -0.2) is 30.1 Å². The molecule has 0 bridgehead atoms. The highest BCUT2D eigenvalue weighted by atomic mass is 16.4. The molecule has 1 amide bonds. The lowest BCUT2D eigenvalue weighted by atomic mass is 10.1. The third-order valence-electron chi connectivity index (χ3n) is 2.42. The van der Waals surface area contributed by atoms with E-state index in [1.165, 1.54) is 0 Å². The summed E-state index contributed by atoms with van der Waals surface area (Å²) in [4.78, 5) is 22.1. The number of carbonyl (C=O) groups is 2. The Hall–Kier alpha value is -2.04. The average molecular weight is 236 g/mol. The number of hydrogen-bond acceptors (Lipinski definition) is 3. The van der Waals surface area contributed by atoms with Crippen molar-refractivity contribution < 1.29 is 14.7 Å². The lowest BCUT2D eigenvalue weighted by Crippen LogP contribution is -2.28. The second-order valence-corrected chi connectivity index (χ2v) is 3.60.